The van der Waals surface area contributed by atoms with E-state index in [4.69, 9.17) is 10.8 Å². The van der Waals surface area contributed by atoms with Gasteiger partial charge in [-0.15, -0.1) is 0 Å². The summed E-state index contributed by atoms with van der Waals surface area (Å²) < 4.78 is 39.2. The minimum atomic E-state index is -1.36. The lowest BCUT2D eigenvalue weighted by Crippen LogP contribution is -2.16. The van der Waals surface area contributed by atoms with Gasteiger partial charge in [0.25, 0.3) is 0 Å². The van der Waals surface area contributed by atoms with Crippen LogP contribution < -0.4 is 5.73 Å². The van der Waals surface area contributed by atoms with E-state index in [1.807, 2.05) is 0 Å². The molecule has 0 amide bonds. The Bertz CT molecular complexity index is 409. The predicted octanol–water partition coefficient (Wildman–Crippen LogP) is 1.97. The summed E-state index contributed by atoms with van der Waals surface area (Å²) >= 11 is 0. The summed E-state index contributed by atoms with van der Waals surface area (Å²) in [6, 6.07) is 0.235. The first-order valence-corrected chi connectivity index (χ1v) is 4.54. The van der Waals surface area contributed by atoms with Gasteiger partial charge in [-0.25, -0.2) is 13.2 Å². The van der Waals surface area contributed by atoms with Crippen molar-refractivity contribution in [1.82, 2.24) is 0 Å². The maximum Gasteiger partial charge on any atom is 0.303 e. The third-order valence-corrected chi connectivity index (χ3v) is 2.12. The lowest BCUT2D eigenvalue weighted by molar-refractivity contribution is -0.137. The molecule has 6 heteroatoms. The number of carboxylic acids is 1. The van der Waals surface area contributed by atoms with Crippen LogP contribution in [0.25, 0.3) is 0 Å². The molecule has 0 saturated heterocycles. The van der Waals surface area contributed by atoms with E-state index in [1.165, 1.54) is 0 Å². The fourth-order valence-corrected chi connectivity index (χ4v) is 1.31. The second kappa shape index (κ2) is 4.98. The molecule has 0 spiro atoms. The number of benzene rings is 1. The Kier molecular flexibility index (Phi) is 3.89. The number of aliphatic carboxylic acids is 1. The van der Waals surface area contributed by atoms with Gasteiger partial charge >= 0.3 is 5.97 Å². The molecule has 0 fully saturated rings. The lowest BCUT2D eigenvalue weighted by atomic mass is 10.0. The van der Waals surface area contributed by atoms with Gasteiger partial charge in [0.05, 0.1) is 0 Å². The fraction of sp³-hybridized carbons (Fsp3) is 0.300. The van der Waals surface area contributed by atoms with E-state index in [0.717, 1.165) is 6.07 Å². The van der Waals surface area contributed by atoms with E-state index in [1.54, 1.807) is 0 Å². The van der Waals surface area contributed by atoms with Crippen molar-refractivity contribution in [2.45, 2.75) is 18.9 Å². The van der Waals surface area contributed by atoms with Gasteiger partial charge in [0.1, 0.15) is 5.82 Å². The van der Waals surface area contributed by atoms with E-state index < -0.39 is 35.0 Å². The van der Waals surface area contributed by atoms with Crippen LogP contribution in [0.5, 0.6) is 0 Å². The van der Waals surface area contributed by atoms with Crippen LogP contribution in [0.15, 0.2) is 12.1 Å². The van der Waals surface area contributed by atoms with Crippen molar-refractivity contribution in [3.05, 3.63) is 35.1 Å². The Morgan fingerprint density at radius 2 is 1.88 bits per heavy atom. The summed E-state index contributed by atoms with van der Waals surface area (Å²) in [4.78, 5) is 10.3. The van der Waals surface area contributed by atoms with Gasteiger partial charge in [-0.05, 0) is 18.6 Å². The molecule has 0 aliphatic carbocycles. The normalized spacial score (nSPS) is 12.5. The van der Waals surface area contributed by atoms with Gasteiger partial charge in [-0.3, -0.25) is 4.79 Å². The fourth-order valence-electron chi connectivity index (χ4n) is 1.31. The largest absolute Gasteiger partial charge is 0.481 e. The molecule has 3 nitrogen and oxygen atoms in total. The highest BCUT2D eigenvalue weighted by molar-refractivity contribution is 5.66. The maximum atomic E-state index is 13.2. The van der Waals surface area contributed by atoms with Crippen molar-refractivity contribution in [3.63, 3.8) is 0 Å². The Labute approximate surface area is 89.7 Å². The minimum absolute atomic E-state index is 0.160. The molecule has 1 rings (SSSR count). The topological polar surface area (TPSA) is 63.3 Å². The molecule has 3 N–H and O–H groups in total. The quantitative estimate of drug-likeness (QED) is 0.781. The van der Waals surface area contributed by atoms with Gasteiger partial charge in [-0.2, -0.15) is 0 Å². The zero-order chi connectivity index (χ0) is 12.3. The van der Waals surface area contributed by atoms with E-state index in [0.29, 0.717) is 6.07 Å². The molecule has 1 aromatic rings. The van der Waals surface area contributed by atoms with Crippen LogP contribution in [0.3, 0.4) is 0 Å². The Balaban J connectivity index is 2.94. The van der Waals surface area contributed by atoms with Crippen molar-refractivity contribution < 1.29 is 23.1 Å². The molecule has 0 aliphatic rings. The van der Waals surface area contributed by atoms with E-state index >= 15 is 0 Å². The van der Waals surface area contributed by atoms with Crippen molar-refractivity contribution in [1.29, 1.82) is 0 Å². The molecule has 0 aromatic heterocycles. The number of carbonyl (C=O) groups is 1. The monoisotopic (exact) mass is 233 g/mol. The molecule has 0 radical (unpaired) electrons. The van der Waals surface area contributed by atoms with Crippen LogP contribution in [0.4, 0.5) is 13.2 Å². The molecule has 16 heavy (non-hydrogen) atoms. The summed E-state index contributed by atoms with van der Waals surface area (Å²) in [5.74, 6) is -4.68. The van der Waals surface area contributed by atoms with Crippen molar-refractivity contribution in [2.24, 2.45) is 5.73 Å². The maximum absolute atomic E-state index is 13.2. The molecular formula is C10H10F3NO2. The first-order chi connectivity index (χ1) is 7.43. The molecule has 0 aliphatic heterocycles. The first kappa shape index (κ1) is 12.5. The second-order valence-corrected chi connectivity index (χ2v) is 3.30. The van der Waals surface area contributed by atoms with Crippen LogP contribution in [-0.4, -0.2) is 11.1 Å². The predicted molar refractivity (Wildman–Crippen MR) is 50.1 cm³/mol. The second-order valence-electron chi connectivity index (χ2n) is 3.30. The third kappa shape index (κ3) is 2.73. The van der Waals surface area contributed by atoms with E-state index in [2.05, 4.69) is 0 Å². The molecule has 1 atom stereocenters. The lowest BCUT2D eigenvalue weighted by Gasteiger charge is -2.12. The van der Waals surface area contributed by atoms with Crippen molar-refractivity contribution in [2.75, 3.05) is 0 Å². The zero-order valence-electron chi connectivity index (χ0n) is 8.21. The van der Waals surface area contributed by atoms with Gasteiger partial charge in [0.15, 0.2) is 11.6 Å². The number of rotatable bonds is 4. The number of hydrogen-bond acceptors (Lipinski definition) is 2. The highest BCUT2D eigenvalue weighted by Crippen LogP contribution is 2.24. The number of halogens is 3. The highest BCUT2D eigenvalue weighted by atomic mass is 19.2. The minimum Gasteiger partial charge on any atom is -0.481 e. The van der Waals surface area contributed by atoms with Gasteiger partial charge in [-0.1, -0.05) is 0 Å². The molecule has 0 saturated carbocycles. The Morgan fingerprint density at radius 3 is 2.44 bits per heavy atom. The van der Waals surface area contributed by atoms with E-state index in [9.17, 15) is 18.0 Å². The molecule has 1 aromatic carbocycles. The van der Waals surface area contributed by atoms with Crippen LogP contribution in [-0.2, 0) is 4.79 Å². The number of carboxylic acid groups (broad SMARTS) is 1. The molecule has 1 unspecified atom stereocenters. The Morgan fingerprint density at radius 1 is 1.31 bits per heavy atom. The molecule has 0 bridgehead atoms. The summed E-state index contributed by atoms with van der Waals surface area (Å²) in [6.45, 7) is 0. The smallest absolute Gasteiger partial charge is 0.303 e. The van der Waals surface area contributed by atoms with Crippen molar-refractivity contribution >= 4 is 5.97 Å². The van der Waals surface area contributed by atoms with Crippen LogP contribution in [0.2, 0.25) is 0 Å². The molecule has 88 valence electrons. The van der Waals surface area contributed by atoms with E-state index in [-0.39, 0.29) is 12.8 Å². The SMILES string of the molecule is NC(CCC(=O)O)c1c(F)ccc(F)c1F. The number of nitrogens with two attached hydrogens (primary N) is 1. The van der Waals surface area contributed by atoms with Gasteiger partial charge < -0.3 is 10.8 Å². The summed E-state index contributed by atoms with van der Waals surface area (Å²) in [5.41, 5.74) is 4.79. The highest BCUT2D eigenvalue weighted by Gasteiger charge is 2.20. The summed E-state index contributed by atoms with van der Waals surface area (Å²) in [5, 5.41) is 8.39. The summed E-state index contributed by atoms with van der Waals surface area (Å²) in [7, 11) is 0. The zero-order valence-corrected chi connectivity index (χ0v) is 8.21. The van der Waals surface area contributed by atoms with Crippen LogP contribution >= 0.6 is 0 Å². The van der Waals surface area contributed by atoms with Crippen LogP contribution in [0.1, 0.15) is 24.4 Å². The number of hydrogen-bond donors (Lipinski definition) is 2. The summed E-state index contributed by atoms with van der Waals surface area (Å²) in [6.07, 6.45) is -0.497. The molecule has 0 heterocycles. The Hall–Kier alpha value is -1.56. The standard InChI is InChI=1S/C10H10F3NO2/c11-5-1-2-6(12)10(13)9(5)7(14)3-4-8(15)16/h1-2,7H,3-4,14H2,(H,15,16). The van der Waals surface area contributed by atoms with Crippen LogP contribution in [0, 0.1) is 17.5 Å². The third-order valence-electron chi connectivity index (χ3n) is 2.12. The first-order valence-electron chi connectivity index (χ1n) is 4.54. The van der Waals surface area contributed by atoms with Gasteiger partial charge in [0.2, 0.25) is 0 Å². The van der Waals surface area contributed by atoms with Gasteiger partial charge in [0, 0.05) is 18.0 Å². The molecular weight excluding hydrogens is 223 g/mol. The average molecular weight is 233 g/mol. The average Bonchev–Trinajstić information content (AvgIpc) is 2.21. The van der Waals surface area contributed by atoms with Crippen molar-refractivity contribution in [3.8, 4) is 0 Å².